The number of aryl methyl sites for hydroxylation is 1. The number of ether oxygens (including phenoxy) is 1. The molecule has 0 aliphatic carbocycles. The van der Waals surface area contributed by atoms with Gasteiger partial charge in [-0.2, -0.15) is 0 Å². The molecule has 0 saturated heterocycles. The highest BCUT2D eigenvalue weighted by Gasteiger charge is 2.17. The van der Waals surface area contributed by atoms with E-state index in [9.17, 15) is 9.18 Å². The van der Waals surface area contributed by atoms with Crippen molar-refractivity contribution in [2.24, 2.45) is 0 Å². The van der Waals surface area contributed by atoms with Crippen LogP contribution in [0.4, 0.5) is 9.52 Å². The zero-order chi connectivity index (χ0) is 21.1. The van der Waals surface area contributed by atoms with Crippen molar-refractivity contribution in [1.29, 1.82) is 0 Å². The molecule has 0 saturated carbocycles. The molecule has 1 N–H and O–H groups in total. The van der Waals surface area contributed by atoms with Crippen LogP contribution in [0.1, 0.15) is 15.9 Å². The summed E-state index contributed by atoms with van der Waals surface area (Å²) in [5.74, 6) is 0.0370. The monoisotopic (exact) mass is 420 g/mol. The highest BCUT2D eigenvalue weighted by Crippen LogP contribution is 2.28. The Kier molecular flexibility index (Phi) is 5.49. The van der Waals surface area contributed by atoms with E-state index in [1.54, 1.807) is 30.8 Å². The highest BCUT2D eigenvalue weighted by atomic mass is 32.1. The van der Waals surface area contributed by atoms with E-state index in [0.717, 1.165) is 16.9 Å². The Balaban J connectivity index is 1.60. The third-order valence-electron chi connectivity index (χ3n) is 4.43. The topological polar surface area (TPSA) is 77.0 Å². The molecule has 0 atom stereocenters. The molecule has 0 bridgehead atoms. The van der Waals surface area contributed by atoms with Crippen LogP contribution in [0.5, 0.6) is 5.75 Å². The maximum Gasteiger partial charge on any atom is 0.259 e. The van der Waals surface area contributed by atoms with Gasteiger partial charge in [0.15, 0.2) is 5.13 Å². The van der Waals surface area contributed by atoms with Crippen LogP contribution >= 0.6 is 11.3 Å². The normalized spacial score (nSPS) is 10.6. The van der Waals surface area contributed by atoms with Crippen LogP contribution in [0.3, 0.4) is 0 Å². The van der Waals surface area contributed by atoms with Gasteiger partial charge in [-0.25, -0.2) is 9.37 Å². The van der Waals surface area contributed by atoms with Crippen LogP contribution in [0, 0.1) is 12.7 Å². The zero-order valence-electron chi connectivity index (χ0n) is 16.2. The average Bonchev–Trinajstić information content (AvgIpc) is 3.22. The van der Waals surface area contributed by atoms with Crippen molar-refractivity contribution in [2.45, 2.75) is 6.92 Å². The average molecular weight is 420 g/mol. The third kappa shape index (κ3) is 4.04. The van der Waals surface area contributed by atoms with E-state index in [4.69, 9.17) is 4.74 Å². The molecule has 3 aromatic heterocycles. The van der Waals surface area contributed by atoms with E-state index in [1.807, 2.05) is 25.1 Å². The van der Waals surface area contributed by atoms with Gasteiger partial charge in [-0.1, -0.05) is 0 Å². The lowest BCUT2D eigenvalue weighted by Gasteiger charge is -2.10. The number of hydrogen-bond donors (Lipinski definition) is 1. The molecule has 0 radical (unpaired) electrons. The number of carbonyl (C=O) groups excluding carboxylic acids is 1. The van der Waals surface area contributed by atoms with Crippen LogP contribution in [0.2, 0.25) is 0 Å². The number of nitrogens with one attached hydrogen (secondary N) is 1. The Hall–Kier alpha value is -3.65. The van der Waals surface area contributed by atoms with E-state index in [2.05, 4.69) is 20.3 Å². The van der Waals surface area contributed by atoms with Crippen molar-refractivity contribution >= 4 is 22.4 Å². The number of hydrogen-bond acceptors (Lipinski definition) is 6. The molecule has 4 rings (SSSR count). The molecule has 8 heteroatoms. The Morgan fingerprint density at radius 2 is 1.97 bits per heavy atom. The molecule has 3 heterocycles. The molecule has 30 heavy (non-hydrogen) atoms. The van der Waals surface area contributed by atoms with Crippen molar-refractivity contribution in [3.8, 4) is 28.4 Å². The number of halogens is 1. The molecular formula is C22H17FN4O2S. The number of rotatable bonds is 5. The fraction of sp³-hybridized carbons (Fsp3) is 0.0909. The Morgan fingerprint density at radius 1 is 1.10 bits per heavy atom. The van der Waals surface area contributed by atoms with Gasteiger partial charge < -0.3 is 4.74 Å². The van der Waals surface area contributed by atoms with E-state index in [1.165, 1.54) is 29.7 Å². The maximum atomic E-state index is 13.4. The second-order valence-corrected chi connectivity index (χ2v) is 7.29. The van der Waals surface area contributed by atoms with Crippen LogP contribution in [-0.2, 0) is 0 Å². The van der Waals surface area contributed by atoms with Gasteiger partial charge in [-0.05, 0) is 48.9 Å². The summed E-state index contributed by atoms with van der Waals surface area (Å²) in [5.41, 5.74) is 3.63. The third-order valence-corrected chi connectivity index (χ3v) is 5.19. The summed E-state index contributed by atoms with van der Waals surface area (Å²) in [6.45, 7) is 1.93. The maximum absolute atomic E-state index is 13.4. The molecule has 0 unspecified atom stereocenters. The predicted molar refractivity (Wildman–Crippen MR) is 114 cm³/mol. The number of carbonyl (C=O) groups is 1. The molecule has 6 nitrogen and oxygen atoms in total. The Morgan fingerprint density at radius 3 is 2.73 bits per heavy atom. The Labute approximate surface area is 176 Å². The van der Waals surface area contributed by atoms with Gasteiger partial charge in [0.25, 0.3) is 5.91 Å². The number of aromatic nitrogens is 3. The first kappa shape index (κ1) is 19.7. The van der Waals surface area contributed by atoms with Crippen molar-refractivity contribution < 1.29 is 13.9 Å². The van der Waals surface area contributed by atoms with Gasteiger partial charge in [0, 0.05) is 29.4 Å². The largest absolute Gasteiger partial charge is 0.496 e. The minimum absolute atomic E-state index is 0.334. The first-order valence-electron chi connectivity index (χ1n) is 9.04. The SMILES string of the molecule is COc1ccc(-c2ncccc2C(=O)Nc2nc(-c3cc(F)ccn3)cs2)cc1C. The number of methoxy groups -OCH3 is 1. The summed E-state index contributed by atoms with van der Waals surface area (Å²) in [6, 6.07) is 11.6. The number of anilines is 1. The minimum atomic E-state index is -0.395. The summed E-state index contributed by atoms with van der Waals surface area (Å²) < 4.78 is 18.7. The fourth-order valence-electron chi connectivity index (χ4n) is 3.00. The summed E-state index contributed by atoms with van der Waals surface area (Å²) in [7, 11) is 1.61. The van der Waals surface area contributed by atoms with Crippen molar-refractivity contribution in [3.05, 3.63) is 77.2 Å². The van der Waals surface area contributed by atoms with E-state index in [0.29, 0.717) is 27.8 Å². The number of benzene rings is 1. The van der Waals surface area contributed by atoms with E-state index in [-0.39, 0.29) is 5.91 Å². The second-order valence-electron chi connectivity index (χ2n) is 6.44. The number of amides is 1. The van der Waals surface area contributed by atoms with E-state index < -0.39 is 5.82 Å². The molecule has 0 aliphatic rings. The molecule has 0 fully saturated rings. The molecule has 1 aromatic carbocycles. The van der Waals surface area contributed by atoms with Gasteiger partial charge >= 0.3 is 0 Å². The van der Waals surface area contributed by atoms with Crippen LogP contribution in [0.25, 0.3) is 22.6 Å². The first-order chi connectivity index (χ1) is 14.5. The number of nitrogens with zero attached hydrogens (tertiary/aromatic N) is 3. The predicted octanol–water partition coefficient (Wildman–Crippen LogP) is 4.98. The molecule has 4 aromatic rings. The summed E-state index contributed by atoms with van der Waals surface area (Å²) >= 11 is 1.24. The highest BCUT2D eigenvalue weighted by molar-refractivity contribution is 7.14. The smallest absolute Gasteiger partial charge is 0.259 e. The van der Waals surface area contributed by atoms with Crippen molar-refractivity contribution in [3.63, 3.8) is 0 Å². The quantitative estimate of drug-likeness (QED) is 0.493. The van der Waals surface area contributed by atoms with Gasteiger partial charge in [0.2, 0.25) is 0 Å². The standard InChI is InChI=1S/C22H17FN4O2S/c1-13-10-14(5-6-19(13)29-2)20-16(4-3-8-25-20)21(28)27-22-26-18(12-30-22)17-11-15(23)7-9-24-17/h3-12H,1-2H3,(H,26,27,28). The lowest BCUT2D eigenvalue weighted by atomic mass is 10.0. The first-order valence-corrected chi connectivity index (χ1v) is 9.92. The molecular weight excluding hydrogens is 403 g/mol. The van der Waals surface area contributed by atoms with Crippen LogP contribution < -0.4 is 10.1 Å². The molecule has 0 aliphatic heterocycles. The lowest BCUT2D eigenvalue weighted by molar-refractivity contribution is 0.102. The van der Waals surface area contributed by atoms with Crippen molar-refractivity contribution in [2.75, 3.05) is 12.4 Å². The van der Waals surface area contributed by atoms with Crippen LogP contribution in [0.15, 0.2) is 60.2 Å². The number of thiazole rings is 1. The molecule has 1 amide bonds. The summed E-state index contributed by atoms with van der Waals surface area (Å²) in [4.78, 5) is 25.8. The second kappa shape index (κ2) is 8.38. The van der Waals surface area contributed by atoms with Gasteiger partial charge in [0.1, 0.15) is 17.3 Å². The Bertz CT molecular complexity index is 1230. The number of pyridine rings is 2. The zero-order valence-corrected chi connectivity index (χ0v) is 17.0. The summed E-state index contributed by atoms with van der Waals surface area (Å²) in [6.07, 6.45) is 3.02. The van der Waals surface area contributed by atoms with Gasteiger partial charge in [-0.15, -0.1) is 11.3 Å². The van der Waals surface area contributed by atoms with E-state index >= 15 is 0 Å². The molecule has 150 valence electrons. The van der Waals surface area contributed by atoms with Crippen molar-refractivity contribution in [1.82, 2.24) is 15.0 Å². The lowest BCUT2D eigenvalue weighted by Crippen LogP contribution is -2.13. The summed E-state index contributed by atoms with van der Waals surface area (Å²) in [5, 5.41) is 4.90. The fourth-order valence-corrected chi connectivity index (χ4v) is 3.70. The van der Waals surface area contributed by atoms with Gasteiger partial charge in [0.05, 0.1) is 24.1 Å². The molecule has 0 spiro atoms. The van der Waals surface area contributed by atoms with Gasteiger partial charge in [-0.3, -0.25) is 20.1 Å². The minimum Gasteiger partial charge on any atom is -0.496 e. The van der Waals surface area contributed by atoms with Crippen LogP contribution in [-0.4, -0.2) is 28.0 Å².